The molecule has 2 aromatic rings. The number of nitrogens with one attached hydrogen (secondary N) is 2. The zero-order valence-corrected chi connectivity index (χ0v) is 16.0. The highest BCUT2D eigenvalue weighted by Gasteiger charge is 2.37. The number of hydrogen-bond donors (Lipinski definition) is 2. The lowest BCUT2D eigenvalue weighted by Crippen LogP contribution is -2.48. The molecule has 2 aromatic carbocycles. The molecule has 2 atom stereocenters. The summed E-state index contributed by atoms with van der Waals surface area (Å²) in [5.74, 6) is -0.416. The fourth-order valence-electron chi connectivity index (χ4n) is 3.93. The Bertz CT molecular complexity index is 969. The lowest BCUT2D eigenvalue weighted by Gasteiger charge is -2.32. The van der Waals surface area contributed by atoms with Crippen molar-refractivity contribution in [3.05, 3.63) is 59.2 Å². The summed E-state index contributed by atoms with van der Waals surface area (Å²) in [7, 11) is 0. The monoisotopic (exact) mass is 377 g/mol. The molecule has 2 aliphatic rings. The summed E-state index contributed by atoms with van der Waals surface area (Å²) in [6.07, 6.45) is 1.05. The van der Waals surface area contributed by atoms with Crippen molar-refractivity contribution in [2.24, 2.45) is 5.92 Å². The van der Waals surface area contributed by atoms with E-state index < -0.39 is 6.04 Å². The van der Waals surface area contributed by atoms with Crippen molar-refractivity contribution in [2.45, 2.75) is 39.3 Å². The zero-order valence-electron chi connectivity index (χ0n) is 16.0. The Morgan fingerprint density at radius 3 is 2.64 bits per heavy atom. The molecule has 0 unspecified atom stereocenters. The average molecular weight is 377 g/mol. The van der Waals surface area contributed by atoms with Gasteiger partial charge < -0.3 is 15.5 Å². The van der Waals surface area contributed by atoms with Crippen LogP contribution in [-0.2, 0) is 22.6 Å². The largest absolute Gasteiger partial charge is 0.326 e. The van der Waals surface area contributed by atoms with Gasteiger partial charge in [0, 0.05) is 23.5 Å². The highest BCUT2D eigenvalue weighted by atomic mass is 16.2. The molecule has 0 aliphatic carbocycles. The van der Waals surface area contributed by atoms with Gasteiger partial charge in [-0.2, -0.15) is 0 Å². The van der Waals surface area contributed by atoms with Gasteiger partial charge in [0.15, 0.2) is 0 Å². The van der Waals surface area contributed by atoms with E-state index in [1.165, 1.54) is 0 Å². The number of para-hydroxylation sites is 1. The van der Waals surface area contributed by atoms with E-state index in [1.54, 1.807) is 23.1 Å². The zero-order chi connectivity index (χ0) is 19.8. The van der Waals surface area contributed by atoms with E-state index in [4.69, 9.17) is 0 Å². The molecule has 0 spiro atoms. The van der Waals surface area contributed by atoms with Gasteiger partial charge in [-0.1, -0.05) is 38.5 Å². The van der Waals surface area contributed by atoms with E-state index in [2.05, 4.69) is 10.6 Å². The Morgan fingerprint density at radius 2 is 1.86 bits per heavy atom. The quantitative estimate of drug-likeness (QED) is 0.862. The van der Waals surface area contributed by atoms with Gasteiger partial charge in [-0.05, 0) is 41.3 Å². The van der Waals surface area contributed by atoms with E-state index in [-0.39, 0.29) is 30.1 Å². The molecule has 3 amide bonds. The van der Waals surface area contributed by atoms with E-state index in [0.29, 0.717) is 12.1 Å². The van der Waals surface area contributed by atoms with Crippen LogP contribution in [0.4, 0.5) is 11.4 Å². The first-order chi connectivity index (χ1) is 13.5. The molecule has 2 heterocycles. The van der Waals surface area contributed by atoms with Gasteiger partial charge in [-0.15, -0.1) is 0 Å². The molecular formula is C22H23N3O3. The van der Waals surface area contributed by atoms with Crippen LogP contribution in [0.2, 0.25) is 0 Å². The van der Waals surface area contributed by atoms with Crippen LogP contribution in [0.1, 0.15) is 41.8 Å². The average Bonchev–Trinajstić information content (AvgIpc) is 2.99. The van der Waals surface area contributed by atoms with Crippen LogP contribution in [0, 0.1) is 5.92 Å². The van der Waals surface area contributed by atoms with E-state index in [0.717, 1.165) is 28.9 Å². The van der Waals surface area contributed by atoms with Gasteiger partial charge in [-0.3, -0.25) is 14.4 Å². The second kappa shape index (κ2) is 7.11. The molecule has 0 saturated heterocycles. The maximum atomic E-state index is 13.5. The summed E-state index contributed by atoms with van der Waals surface area (Å²) in [4.78, 5) is 39.8. The smallest absolute Gasteiger partial charge is 0.254 e. The summed E-state index contributed by atoms with van der Waals surface area (Å²) < 4.78 is 0. The van der Waals surface area contributed by atoms with E-state index in [9.17, 15) is 14.4 Å². The fraction of sp³-hybridized carbons (Fsp3) is 0.318. The molecule has 28 heavy (non-hydrogen) atoms. The lowest BCUT2D eigenvalue weighted by molar-refractivity contribution is -0.122. The van der Waals surface area contributed by atoms with Gasteiger partial charge in [0.25, 0.3) is 5.91 Å². The first-order valence-electron chi connectivity index (χ1n) is 9.60. The molecule has 0 aromatic heterocycles. The third kappa shape index (κ3) is 3.15. The predicted octanol–water partition coefficient (Wildman–Crippen LogP) is 3.19. The topological polar surface area (TPSA) is 78.5 Å². The highest BCUT2D eigenvalue weighted by Crippen LogP contribution is 2.30. The molecule has 4 rings (SSSR count). The highest BCUT2D eigenvalue weighted by molar-refractivity contribution is 6.04. The summed E-state index contributed by atoms with van der Waals surface area (Å²) in [6.45, 7) is 4.37. The predicted molar refractivity (Wildman–Crippen MR) is 107 cm³/mol. The normalized spacial score (nSPS) is 19.2. The first-order valence-corrected chi connectivity index (χ1v) is 9.60. The van der Waals surface area contributed by atoms with Crippen molar-refractivity contribution in [3.8, 4) is 0 Å². The Hall–Kier alpha value is -3.15. The minimum atomic E-state index is -0.557. The molecule has 144 valence electrons. The van der Waals surface area contributed by atoms with E-state index >= 15 is 0 Å². The number of fused-ring (bicyclic) bond motifs is 2. The maximum absolute atomic E-state index is 13.5. The summed E-state index contributed by atoms with van der Waals surface area (Å²) in [6, 6.07) is 12.3. The van der Waals surface area contributed by atoms with Gasteiger partial charge in [0.1, 0.15) is 6.04 Å². The van der Waals surface area contributed by atoms with Crippen LogP contribution < -0.4 is 10.6 Å². The molecular weight excluding hydrogens is 354 g/mol. The second-order valence-electron chi connectivity index (χ2n) is 7.51. The minimum absolute atomic E-state index is 0.0101. The molecule has 6 heteroatoms. The van der Waals surface area contributed by atoms with Crippen molar-refractivity contribution in [1.29, 1.82) is 0 Å². The van der Waals surface area contributed by atoms with Crippen molar-refractivity contribution in [2.75, 3.05) is 10.6 Å². The molecule has 0 radical (unpaired) electrons. The number of hydrogen-bond acceptors (Lipinski definition) is 3. The van der Waals surface area contributed by atoms with Crippen LogP contribution >= 0.6 is 0 Å². The van der Waals surface area contributed by atoms with Crippen molar-refractivity contribution >= 4 is 29.1 Å². The molecule has 2 aliphatic heterocycles. The number of rotatable bonds is 3. The number of amides is 3. The number of nitrogens with zero attached hydrogens (tertiary/aromatic N) is 1. The van der Waals surface area contributed by atoms with Gasteiger partial charge >= 0.3 is 0 Å². The first kappa shape index (κ1) is 18.2. The Kier molecular flexibility index (Phi) is 4.63. The number of carbonyl (C=O) groups is 3. The molecule has 2 N–H and O–H groups in total. The van der Waals surface area contributed by atoms with Gasteiger partial charge in [-0.25, -0.2) is 0 Å². The Balaban J connectivity index is 1.73. The SMILES string of the molecule is CC[C@H](C)[C@H]1C(=O)Nc2ccccc2CN1C(=O)c1ccc2c(c1)CC(=O)N2. The van der Waals surface area contributed by atoms with Crippen molar-refractivity contribution in [3.63, 3.8) is 0 Å². The van der Waals surface area contributed by atoms with Crippen LogP contribution in [0.5, 0.6) is 0 Å². The van der Waals surface area contributed by atoms with Crippen LogP contribution in [-0.4, -0.2) is 28.7 Å². The standard InChI is InChI=1S/C22H23N3O3/c1-3-13(2)20-21(27)24-17-7-5-4-6-15(17)12-25(20)22(28)14-8-9-18-16(10-14)11-19(26)23-18/h4-10,13,20H,3,11-12H2,1-2H3,(H,23,26)(H,24,27)/t13-,20-/m0/s1. The number of anilines is 2. The van der Waals surface area contributed by atoms with Crippen LogP contribution in [0.25, 0.3) is 0 Å². The van der Waals surface area contributed by atoms with Crippen molar-refractivity contribution in [1.82, 2.24) is 4.90 Å². The summed E-state index contributed by atoms with van der Waals surface area (Å²) in [5, 5.41) is 5.77. The third-order valence-corrected chi connectivity index (χ3v) is 5.64. The van der Waals surface area contributed by atoms with Gasteiger partial charge in [0.2, 0.25) is 11.8 Å². The Morgan fingerprint density at radius 1 is 1.11 bits per heavy atom. The van der Waals surface area contributed by atoms with Crippen molar-refractivity contribution < 1.29 is 14.4 Å². The Labute approximate surface area is 163 Å². The minimum Gasteiger partial charge on any atom is -0.326 e. The third-order valence-electron chi connectivity index (χ3n) is 5.64. The fourth-order valence-corrected chi connectivity index (χ4v) is 3.93. The van der Waals surface area contributed by atoms with E-state index in [1.807, 2.05) is 38.1 Å². The molecule has 6 nitrogen and oxygen atoms in total. The lowest BCUT2D eigenvalue weighted by atomic mass is 9.95. The number of carbonyl (C=O) groups excluding carboxylic acids is 3. The molecule has 0 bridgehead atoms. The molecule has 0 fully saturated rings. The molecule has 0 saturated carbocycles. The summed E-state index contributed by atoms with van der Waals surface area (Å²) in [5.41, 5.74) is 3.72. The number of benzene rings is 2. The van der Waals surface area contributed by atoms with Crippen LogP contribution in [0.3, 0.4) is 0 Å². The maximum Gasteiger partial charge on any atom is 0.254 e. The summed E-state index contributed by atoms with van der Waals surface area (Å²) >= 11 is 0. The van der Waals surface area contributed by atoms with Crippen LogP contribution in [0.15, 0.2) is 42.5 Å². The second-order valence-corrected chi connectivity index (χ2v) is 7.51. The van der Waals surface area contributed by atoms with Gasteiger partial charge in [0.05, 0.1) is 6.42 Å².